The Morgan fingerprint density at radius 1 is 1.33 bits per heavy atom. The molecular formula is C8H14N2O2. The van der Waals surface area contributed by atoms with Gasteiger partial charge in [-0.05, 0) is 7.05 Å². The molecule has 0 amide bonds. The van der Waals surface area contributed by atoms with Crippen LogP contribution in [0.4, 0.5) is 0 Å². The van der Waals surface area contributed by atoms with Gasteiger partial charge in [-0.2, -0.15) is 0 Å². The van der Waals surface area contributed by atoms with Crippen molar-refractivity contribution in [2.45, 2.75) is 0 Å². The third-order valence-corrected chi connectivity index (χ3v) is 1.97. The Balaban J connectivity index is 2.30. The lowest BCUT2D eigenvalue weighted by atomic mass is 10.3. The van der Waals surface area contributed by atoms with Crippen LogP contribution in [-0.2, 0) is 4.79 Å². The largest absolute Gasteiger partial charge is 0.478 e. The van der Waals surface area contributed by atoms with E-state index in [1.807, 2.05) is 4.90 Å². The number of likely N-dealkylation sites (N-methyl/N-ethyl adjacent to an activating group) is 1. The summed E-state index contributed by atoms with van der Waals surface area (Å²) < 4.78 is 0. The van der Waals surface area contributed by atoms with E-state index in [-0.39, 0.29) is 0 Å². The summed E-state index contributed by atoms with van der Waals surface area (Å²) in [6.07, 6.45) is 2.83. The third kappa shape index (κ3) is 2.92. The van der Waals surface area contributed by atoms with Gasteiger partial charge in [-0.15, -0.1) is 0 Å². The van der Waals surface area contributed by atoms with Gasteiger partial charge in [0.2, 0.25) is 0 Å². The van der Waals surface area contributed by atoms with Crippen molar-refractivity contribution in [3.05, 3.63) is 12.3 Å². The molecular weight excluding hydrogens is 156 g/mol. The van der Waals surface area contributed by atoms with Crippen LogP contribution in [0.2, 0.25) is 0 Å². The van der Waals surface area contributed by atoms with Crippen molar-refractivity contribution in [2.75, 3.05) is 33.2 Å². The van der Waals surface area contributed by atoms with Gasteiger partial charge >= 0.3 is 5.97 Å². The Morgan fingerprint density at radius 3 is 2.42 bits per heavy atom. The highest BCUT2D eigenvalue weighted by Crippen LogP contribution is 1.98. The van der Waals surface area contributed by atoms with Gasteiger partial charge in [0, 0.05) is 38.5 Å². The molecule has 4 nitrogen and oxygen atoms in total. The molecule has 0 aromatic heterocycles. The van der Waals surface area contributed by atoms with Crippen molar-refractivity contribution in [2.24, 2.45) is 0 Å². The lowest BCUT2D eigenvalue weighted by molar-refractivity contribution is -0.131. The molecule has 4 heteroatoms. The minimum Gasteiger partial charge on any atom is -0.478 e. The maximum Gasteiger partial charge on any atom is 0.329 e. The molecule has 0 unspecified atom stereocenters. The average Bonchev–Trinajstić information content (AvgIpc) is 2.03. The summed E-state index contributed by atoms with van der Waals surface area (Å²) >= 11 is 0. The van der Waals surface area contributed by atoms with Gasteiger partial charge in [-0.3, -0.25) is 0 Å². The van der Waals surface area contributed by atoms with Crippen LogP contribution in [-0.4, -0.2) is 54.1 Å². The van der Waals surface area contributed by atoms with Gasteiger partial charge < -0.3 is 14.9 Å². The Hall–Kier alpha value is -1.03. The minimum absolute atomic E-state index is 0.881. The summed E-state index contributed by atoms with van der Waals surface area (Å²) in [6.45, 7) is 3.84. The number of carboxylic acid groups (broad SMARTS) is 1. The number of carboxylic acids is 1. The second-order valence-electron chi connectivity index (χ2n) is 2.99. The standard InChI is InChI=1S/C8H14N2O2/c1-9-4-6-10(7-5-9)3-2-8(11)12/h2-3H,4-7H2,1H3,(H,11,12). The van der Waals surface area contributed by atoms with Gasteiger partial charge in [0.1, 0.15) is 0 Å². The predicted molar refractivity (Wildman–Crippen MR) is 45.8 cm³/mol. The molecule has 1 fully saturated rings. The van der Waals surface area contributed by atoms with E-state index in [0.29, 0.717) is 0 Å². The zero-order valence-corrected chi connectivity index (χ0v) is 7.23. The fourth-order valence-electron chi connectivity index (χ4n) is 1.14. The van der Waals surface area contributed by atoms with Crippen molar-refractivity contribution in [1.82, 2.24) is 9.80 Å². The molecule has 0 bridgehead atoms. The van der Waals surface area contributed by atoms with Crippen molar-refractivity contribution >= 4 is 5.97 Å². The average molecular weight is 170 g/mol. The minimum atomic E-state index is -0.881. The van der Waals surface area contributed by atoms with Crippen LogP contribution in [0.15, 0.2) is 12.3 Å². The first-order chi connectivity index (χ1) is 5.68. The number of carbonyl (C=O) groups is 1. The zero-order valence-electron chi connectivity index (χ0n) is 7.23. The monoisotopic (exact) mass is 170 g/mol. The highest BCUT2D eigenvalue weighted by Gasteiger charge is 2.09. The first kappa shape index (κ1) is 9.06. The van der Waals surface area contributed by atoms with Crippen LogP contribution in [0, 0.1) is 0 Å². The van der Waals surface area contributed by atoms with Gasteiger partial charge in [-0.25, -0.2) is 4.79 Å². The van der Waals surface area contributed by atoms with Crippen LogP contribution in [0.1, 0.15) is 0 Å². The fraction of sp³-hybridized carbons (Fsp3) is 0.625. The first-order valence-electron chi connectivity index (χ1n) is 4.02. The Morgan fingerprint density at radius 2 is 1.92 bits per heavy atom. The van der Waals surface area contributed by atoms with E-state index >= 15 is 0 Å². The first-order valence-corrected chi connectivity index (χ1v) is 4.02. The lowest BCUT2D eigenvalue weighted by Crippen LogP contribution is -2.41. The Labute approximate surface area is 72.1 Å². The van der Waals surface area contributed by atoms with Crippen molar-refractivity contribution < 1.29 is 9.90 Å². The maximum atomic E-state index is 10.2. The van der Waals surface area contributed by atoms with Gasteiger partial charge in [0.05, 0.1) is 0 Å². The molecule has 12 heavy (non-hydrogen) atoms. The van der Waals surface area contributed by atoms with E-state index in [0.717, 1.165) is 26.2 Å². The fourth-order valence-corrected chi connectivity index (χ4v) is 1.14. The second-order valence-corrected chi connectivity index (χ2v) is 2.99. The van der Waals surface area contributed by atoms with Gasteiger partial charge in [0.15, 0.2) is 0 Å². The number of aliphatic carboxylic acids is 1. The highest BCUT2D eigenvalue weighted by atomic mass is 16.4. The third-order valence-electron chi connectivity index (χ3n) is 1.97. The molecule has 68 valence electrons. The van der Waals surface area contributed by atoms with E-state index in [2.05, 4.69) is 11.9 Å². The van der Waals surface area contributed by atoms with Crippen LogP contribution in [0.25, 0.3) is 0 Å². The molecule has 0 radical (unpaired) electrons. The Kier molecular flexibility index (Phi) is 3.10. The summed E-state index contributed by atoms with van der Waals surface area (Å²) in [5.41, 5.74) is 0. The zero-order chi connectivity index (χ0) is 8.97. The molecule has 1 N–H and O–H groups in total. The van der Waals surface area contributed by atoms with Crippen molar-refractivity contribution in [3.8, 4) is 0 Å². The number of rotatable bonds is 2. The normalized spacial score (nSPS) is 20.2. The molecule has 0 aromatic carbocycles. The molecule has 1 aliphatic heterocycles. The molecule has 1 aliphatic rings. The molecule has 1 heterocycles. The molecule has 0 atom stereocenters. The van der Waals surface area contributed by atoms with Crippen LogP contribution < -0.4 is 0 Å². The van der Waals surface area contributed by atoms with Crippen LogP contribution in [0.3, 0.4) is 0 Å². The van der Waals surface area contributed by atoms with Crippen molar-refractivity contribution in [1.29, 1.82) is 0 Å². The molecule has 0 spiro atoms. The highest BCUT2D eigenvalue weighted by molar-refractivity contribution is 5.79. The molecule has 0 saturated carbocycles. The van der Waals surface area contributed by atoms with Crippen molar-refractivity contribution in [3.63, 3.8) is 0 Å². The van der Waals surface area contributed by atoms with E-state index in [9.17, 15) is 4.79 Å². The van der Waals surface area contributed by atoms with E-state index in [1.165, 1.54) is 6.08 Å². The number of hydrogen-bond acceptors (Lipinski definition) is 3. The maximum absolute atomic E-state index is 10.2. The predicted octanol–water partition coefficient (Wildman–Crippen LogP) is -0.168. The quantitative estimate of drug-likeness (QED) is 0.584. The summed E-state index contributed by atoms with van der Waals surface area (Å²) in [4.78, 5) is 14.4. The van der Waals surface area contributed by atoms with E-state index in [4.69, 9.17) is 5.11 Å². The smallest absolute Gasteiger partial charge is 0.329 e. The molecule has 1 saturated heterocycles. The summed E-state index contributed by atoms with van der Waals surface area (Å²) in [7, 11) is 2.07. The molecule has 0 aromatic rings. The van der Waals surface area contributed by atoms with Gasteiger partial charge in [0.25, 0.3) is 0 Å². The summed E-state index contributed by atoms with van der Waals surface area (Å²) in [5.74, 6) is -0.881. The second kappa shape index (κ2) is 4.11. The Bertz CT molecular complexity index is 183. The number of hydrogen-bond donors (Lipinski definition) is 1. The van der Waals surface area contributed by atoms with Crippen LogP contribution >= 0.6 is 0 Å². The number of piperazine rings is 1. The SMILES string of the molecule is CN1CCN(C=CC(=O)O)CC1. The summed E-state index contributed by atoms with van der Waals surface area (Å²) in [6, 6.07) is 0. The topological polar surface area (TPSA) is 43.8 Å². The van der Waals surface area contributed by atoms with E-state index < -0.39 is 5.97 Å². The summed E-state index contributed by atoms with van der Waals surface area (Å²) in [5, 5.41) is 8.37. The number of nitrogens with zero attached hydrogens (tertiary/aromatic N) is 2. The lowest BCUT2D eigenvalue weighted by Gasteiger charge is -2.31. The molecule has 1 rings (SSSR count). The van der Waals surface area contributed by atoms with E-state index in [1.54, 1.807) is 6.20 Å². The van der Waals surface area contributed by atoms with Crippen LogP contribution in [0.5, 0.6) is 0 Å². The van der Waals surface area contributed by atoms with Gasteiger partial charge in [-0.1, -0.05) is 0 Å². The molecule has 0 aliphatic carbocycles.